The highest BCUT2D eigenvalue weighted by Crippen LogP contribution is 2.45. The van der Waals surface area contributed by atoms with Gasteiger partial charge in [-0.05, 0) is 0 Å². The molecule has 2 rings (SSSR count). The quantitative estimate of drug-likeness (QED) is 0.620. The third-order valence-corrected chi connectivity index (χ3v) is 3.15. The molecule has 0 radical (unpaired) electrons. The number of carbonyl (C=O) groups excluding carboxylic acids is 1. The van der Waals surface area contributed by atoms with Gasteiger partial charge in [-0.1, -0.05) is 13.8 Å². The summed E-state index contributed by atoms with van der Waals surface area (Å²) in [5, 5.41) is 9.91. The van der Waals surface area contributed by atoms with Crippen LogP contribution in [-0.2, 0) is 14.2 Å². The Morgan fingerprint density at radius 1 is 1.36 bits per heavy atom. The molecule has 5 heteroatoms. The highest BCUT2D eigenvalue weighted by Gasteiger charge is 2.62. The number of ether oxygens (including phenoxy) is 3. The van der Waals surface area contributed by atoms with Gasteiger partial charge in [0, 0.05) is 12.5 Å². The summed E-state index contributed by atoms with van der Waals surface area (Å²) in [6.07, 6.45) is -2.88. The molecule has 80 valence electrons. The Morgan fingerprint density at radius 2 is 1.93 bits per heavy atom. The van der Waals surface area contributed by atoms with E-state index < -0.39 is 29.9 Å². The van der Waals surface area contributed by atoms with E-state index in [2.05, 4.69) is 0 Å². The summed E-state index contributed by atoms with van der Waals surface area (Å²) >= 11 is 0. The predicted octanol–water partition coefficient (Wildman–Crippen LogP) is 0.306. The van der Waals surface area contributed by atoms with Crippen LogP contribution in [0.4, 0.5) is 4.79 Å². The van der Waals surface area contributed by atoms with E-state index in [0.29, 0.717) is 0 Å². The molecule has 1 heterocycles. The van der Waals surface area contributed by atoms with Gasteiger partial charge in [0.1, 0.15) is 12.2 Å². The number of hydrogen-bond donors (Lipinski definition) is 1. The molecule has 1 N–H and O–H groups in total. The Bertz CT molecular complexity index is 262. The topological polar surface area (TPSA) is 65.0 Å². The minimum Gasteiger partial charge on any atom is -0.424 e. The van der Waals surface area contributed by atoms with E-state index in [-0.39, 0.29) is 6.10 Å². The maximum atomic E-state index is 10.9. The summed E-state index contributed by atoms with van der Waals surface area (Å²) in [5.74, 6) is 0. The van der Waals surface area contributed by atoms with Crippen LogP contribution >= 0.6 is 0 Å². The van der Waals surface area contributed by atoms with E-state index in [9.17, 15) is 9.90 Å². The van der Waals surface area contributed by atoms with Gasteiger partial charge in [-0.25, -0.2) is 4.79 Å². The molecular formula is C9H14O5. The van der Waals surface area contributed by atoms with E-state index in [0.717, 1.165) is 0 Å². The van der Waals surface area contributed by atoms with Gasteiger partial charge in [0.05, 0.1) is 0 Å². The van der Waals surface area contributed by atoms with E-state index in [4.69, 9.17) is 14.2 Å². The molecule has 1 saturated heterocycles. The summed E-state index contributed by atoms with van der Waals surface area (Å²) < 4.78 is 15.1. The van der Waals surface area contributed by atoms with Crippen molar-refractivity contribution in [3.05, 3.63) is 0 Å². The maximum Gasteiger partial charge on any atom is 0.509 e. The first-order valence-corrected chi connectivity index (χ1v) is 4.56. The second-order valence-electron chi connectivity index (χ2n) is 4.34. The normalized spacial score (nSPS) is 44.4. The second-order valence-corrected chi connectivity index (χ2v) is 4.34. The summed E-state index contributed by atoms with van der Waals surface area (Å²) in [6, 6.07) is 0. The fourth-order valence-corrected chi connectivity index (χ4v) is 2.32. The van der Waals surface area contributed by atoms with Gasteiger partial charge in [0.2, 0.25) is 0 Å². The Labute approximate surface area is 81.9 Å². The molecule has 1 saturated carbocycles. The first-order valence-electron chi connectivity index (χ1n) is 4.56. The second kappa shape index (κ2) is 2.84. The molecule has 0 aromatic heterocycles. The van der Waals surface area contributed by atoms with E-state index in [1.807, 2.05) is 13.8 Å². The van der Waals surface area contributed by atoms with Crippen LogP contribution < -0.4 is 0 Å². The van der Waals surface area contributed by atoms with Crippen molar-refractivity contribution in [2.45, 2.75) is 38.3 Å². The van der Waals surface area contributed by atoms with Gasteiger partial charge in [-0.15, -0.1) is 0 Å². The molecule has 0 aromatic carbocycles. The van der Waals surface area contributed by atoms with Crippen LogP contribution in [0.5, 0.6) is 0 Å². The van der Waals surface area contributed by atoms with Crippen LogP contribution in [0.15, 0.2) is 0 Å². The zero-order chi connectivity index (χ0) is 10.5. The molecule has 0 amide bonds. The first kappa shape index (κ1) is 9.73. The molecule has 2 fully saturated rings. The lowest BCUT2D eigenvalue weighted by Gasteiger charge is -2.29. The molecule has 4 atom stereocenters. The van der Waals surface area contributed by atoms with Crippen LogP contribution in [0.3, 0.4) is 0 Å². The van der Waals surface area contributed by atoms with Crippen LogP contribution in [-0.4, -0.2) is 42.8 Å². The smallest absolute Gasteiger partial charge is 0.424 e. The average Bonchev–Trinajstić information content (AvgIpc) is 2.52. The van der Waals surface area contributed by atoms with E-state index in [1.54, 1.807) is 0 Å². The number of aliphatic hydroxyl groups is 1. The van der Waals surface area contributed by atoms with Crippen molar-refractivity contribution in [3.63, 3.8) is 0 Å². The summed E-state index contributed by atoms with van der Waals surface area (Å²) in [4.78, 5) is 10.9. The lowest BCUT2D eigenvalue weighted by Crippen LogP contribution is -2.38. The van der Waals surface area contributed by atoms with Gasteiger partial charge < -0.3 is 19.3 Å². The van der Waals surface area contributed by atoms with Gasteiger partial charge in [0.15, 0.2) is 12.2 Å². The number of aliphatic hydroxyl groups excluding tert-OH is 1. The Morgan fingerprint density at radius 3 is 2.50 bits per heavy atom. The molecule has 14 heavy (non-hydrogen) atoms. The summed E-state index contributed by atoms with van der Waals surface area (Å²) in [7, 11) is 1.54. The number of fused-ring (bicyclic) bond motifs is 1. The molecule has 0 spiro atoms. The Balaban J connectivity index is 2.28. The first-order chi connectivity index (χ1) is 6.48. The van der Waals surface area contributed by atoms with Crippen LogP contribution in [0.2, 0.25) is 0 Å². The third-order valence-electron chi connectivity index (χ3n) is 3.15. The monoisotopic (exact) mass is 202 g/mol. The average molecular weight is 202 g/mol. The Kier molecular flexibility index (Phi) is 1.97. The third kappa shape index (κ3) is 1.05. The van der Waals surface area contributed by atoms with Gasteiger partial charge >= 0.3 is 6.16 Å². The SMILES string of the molecule is CO[C@H]1[C@@H]2OC(=O)O[C@@H]2[C@@H](O)C1(C)C. The molecule has 1 aliphatic carbocycles. The molecule has 0 unspecified atom stereocenters. The maximum absolute atomic E-state index is 10.9. The largest absolute Gasteiger partial charge is 0.509 e. The minimum atomic E-state index is -0.746. The van der Waals surface area contributed by atoms with Gasteiger partial charge in [-0.3, -0.25) is 0 Å². The Hall–Kier alpha value is -0.810. The van der Waals surface area contributed by atoms with Crippen molar-refractivity contribution in [2.75, 3.05) is 7.11 Å². The number of methoxy groups -OCH3 is 1. The van der Waals surface area contributed by atoms with Crippen molar-refractivity contribution in [3.8, 4) is 0 Å². The molecule has 1 aliphatic heterocycles. The zero-order valence-corrected chi connectivity index (χ0v) is 8.39. The standard InChI is InChI=1S/C9H14O5/c1-9(2)6(10)4-5(7(9)12-3)14-8(11)13-4/h4-7,10H,1-3H3/t4-,5+,6+,7-/m0/s1. The lowest BCUT2D eigenvalue weighted by molar-refractivity contribution is -0.0667. The van der Waals surface area contributed by atoms with Crippen molar-refractivity contribution in [1.29, 1.82) is 0 Å². The molecule has 5 nitrogen and oxygen atoms in total. The van der Waals surface area contributed by atoms with Crippen LogP contribution in [0, 0.1) is 5.41 Å². The van der Waals surface area contributed by atoms with Crippen molar-refractivity contribution >= 4 is 6.16 Å². The van der Waals surface area contributed by atoms with Crippen molar-refractivity contribution in [1.82, 2.24) is 0 Å². The predicted molar refractivity (Wildman–Crippen MR) is 45.7 cm³/mol. The van der Waals surface area contributed by atoms with Gasteiger partial charge in [0.25, 0.3) is 0 Å². The molecular weight excluding hydrogens is 188 g/mol. The number of hydrogen-bond acceptors (Lipinski definition) is 5. The molecule has 0 bridgehead atoms. The summed E-state index contributed by atoms with van der Waals surface area (Å²) in [5.41, 5.74) is -0.467. The van der Waals surface area contributed by atoms with E-state index >= 15 is 0 Å². The van der Waals surface area contributed by atoms with Gasteiger partial charge in [-0.2, -0.15) is 0 Å². The van der Waals surface area contributed by atoms with Crippen molar-refractivity contribution < 1.29 is 24.1 Å². The van der Waals surface area contributed by atoms with E-state index in [1.165, 1.54) is 7.11 Å². The fourth-order valence-electron chi connectivity index (χ4n) is 2.32. The molecule has 2 aliphatic rings. The van der Waals surface area contributed by atoms with Crippen LogP contribution in [0.1, 0.15) is 13.8 Å². The highest BCUT2D eigenvalue weighted by molar-refractivity contribution is 5.63. The number of carbonyl (C=O) groups is 1. The minimum absolute atomic E-state index is 0.325. The van der Waals surface area contributed by atoms with Crippen LogP contribution in [0.25, 0.3) is 0 Å². The fraction of sp³-hybridized carbons (Fsp3) is 0.889. The van der Waals surface area contributed by atoms with Crippen molar-refractivity contribution in [2.24, 2.45) is 5.41 Å². The summed E-state index contributed by atoms with van der Waals surface area (Å²) in [6.45, 7) is 3.72. The zero-order valence-electron chi connectivity index (χ0n) is 8.39. The molecule has 0 aromatic rings. The number of rotatable bonds is 1. The highest BCUT2D eigenvalue weighted by atomic mass is 16.8. The lowest BCUT2D eigenvalue weighted by atomic mass is 9.86.